The van der Waals surface area contributed by atoms with E-state index in [9.17, 15) is 15.2 Å². The number of aromatic amines is 1. The molecule has 29 heavy (non-hydrogen) atoms. The molecule has 0 radical (unpaired) electrons. The normalized spacial score (nSPS) is 11.6. The number of carboxylic acids is 1. The van der Waals surface area contributed by atoms with Crippen LogP contribution in [0.2, 0.25) is 5.02 Å². The summed E-state index contributed by atoms with van der Waals surface area (Å²) in [5.41, 5.74) is 3.56. The van der Waals surface area contributed by atoms with Gasteiger partial charge in [0, 0.05) is 17.2 Å². The summed E-state index contributed by atoms with van der Waals surface area (Å²) >= 11 is 5.99. The minimum absolute atomic E-state index is 0.0614. The Morgan fingerprint density at radius 1 is 1.24 bits per heavy atom. The molecule has 0 bridgehead atoms. The van der Waals surface area contributed by atoms with Crippen LogP contribution in [0.5, 0.6) is 0 Å². The average Bonchev–Trinajstić information content (AvgIpc) is 3.32. The summed E-state index contributed by atoms with van der Waals surface area (Å²) < 4.78 is 5.78. The van der Waals surface area contributed by atoms with Gasteiger partial charge in [0.2, 0.25) is 0 Å². The zero-order valence-electron chi connectivity index (χ0n) is 15.2. The molecule has 2 heterocycles. The van der Waals surface area contributed by atoms with Gasteiger partial charge in [-0.2, -0.15) is 5.26 Å². The van der Waals surface area contributed by atoms with Crippen LogP contribution in [0.3, 0.4) is 0 Å². The standard InChI is InChI=1S/C22H14ClN3O3/c1-12-2-6-18-19(8-12)26-21(25-18)14(11-24)9-15-4-7-20(29-15)13-3-5-16(22(27)28)17(23)10-13/h2-10H,1H3,(H,25,26)(H,27,28)/p-1/b14-9-. The maximum absolute atomic E-state index is 11.0. The number of aromatic nitrogens is 2. The van der Waals surface area contributed by atoms with E-state index in [1.807, 2.05) is 25.1 Å². The van der Waals surface area contributed by atoms with Gasteiger partial charge in [0.15, 0.2) is 0 Å². The fraction of sp³-hybridized carbons (Fsp3) is 0.0455. The smallest absolute Gasteiger partial charge is 0.149 e. The number of hydrogen-bond donors (Lipinski definition) is 1. The fourth-order valence-electron chi connectivity index (χ4n) is 2.97. The summed E-state index contributed by atoms with van der Waals surface area (Å²) in [6, 6.07) is 15.8. The maximum atomic E-state index is 11.0. The number of carboxylic acid groups (broad SMARTS) is 1. The lowest BCUT2D eigenvalue weighted by atomic mass is 10.1. The molecule has 4 rings (SSSR count). The van der Waals surface area contributed by atoms with Crippen LogP contribution >= 0.6 is 11.6 Å². The molecule has 0 amide bonds. The topological polar surface area (TPSA) is 106 Å². The molecule has 0 fully saturated rings. The lowest BCUT2D eigenvalue weighted by Crippen LogP contribution is -2.22. The number of nitriles is 1. The van der Waals surface area contributed by atoms with Crippen molar-refractivity contribution in [3.8, 4) is 17.4 Å². The van der Waals surface area contributed by atoms with Crippen molar-refractivity contribution >= 4 is 40.3 Å². The summed E-state index contributed by atoms with van der Waals surface area (Å²) in [7, 11) is 0. The van der Waals surface area contributed by atoms with Gasteiger partial charge in [0.25, 0.3) is 0 Å². The second-order valence-corrected chi connectivity index (χ2v) is 6.87. The Balaban J connectivity index is 1.67. The van der Waals surface area contributed by atoms with Gasteiger partial charge >= 0.3 is 0 Å². The van der Waals surface area contributed by atoms with Crippen molar-refractivity contribution in [1.82, 2.24) is 9.97 Å². The molecular formula is C22H13ClN3O3-. The summed E-state index contributed by atoms with van der Waals surface area (Å²) in [6.45, 7) is 1.98. The van der Waals surface area contributed by atoms with Crippen LogP contribution in [-0.2, 0) is 0 Å². The zero-order valence-corrected chi connectivity index (χ0v) is 15.9. The number of fused-ring (bicyclic) bond motifs is 1. The third-order valence-electron chi connectivity index (χ3n) is 4.40. The van der Waals surface area contributed by atoms with Gasteiger partial charge in [0.05, 0.1) is 27.6 Å². The van der Waals surface area contributed by atoms with Gasteiger partial charge in [-0.1, -0.05) is 29.8 Å². The minimum Gasteiger partial charge on any atom is -0.545 e. The Labute approximate surface area is 170 Å². The van der Waals surface area contributed by atoms with E-state index in [1.54, 1.807) is 24.3 Å². The van der Waals surface area contributed by atoms with Crippen molar-refractivity contribution < 1.29 is 14.3 Å². The number of imidazole rings is 1. The van der Waals surface area contributed by atoms with Crippen LogP contribution in [0, 0.1) is 18.3 Å². The predicted octanol–water partition coefficient (Wildman–Crippen LogP) is 4.21. The van der Waals surface area contributed by atoms with E-state index in [1.165, 1.54) is 12.1 Å². The first-order valence-corrected chi connectivity index (χ1v) is 9.02. The largest absolute Gasteiger partial charge is 0.545 e. The van der Waals surface area contributed by atoms with Crippen molar-refractivity contribution in [2.75, 3.05) is 0 Å². The van der Waals surface area contributed by atoms with E-state index >= 15 is 0 Å². The number of benzene rings is 2. The van der Waals surface area contributed by atoms with Gasteiger partial charge in [-0.3, -0.25) is 0 Å². The molecule has 1 N–H and O–H groups in total. The highest BCUT2D eigenvalue weighted by atomic mass is 35.5. The van der Waals surface area contributed by atoms with Gasteiger partial charge in [-0.15, -0.1) is 0 Å². The van der Waals surface area contributed by atoms with Crippen LogP contribution < -0.4 is 5.11 Å². The number of halogens is 1. The molecule has 0 aliphatic carbocycles. The van der Waals surface area contributed by atoms with E-state index < -0.39 is 5.97 Å². The number of allylic oxidation sites excluding steroid dienone is 1. The van der Waals surface area contributed by atoms with Crippen molar-refractivity contribution in [2.45, 2.75) is 6.92 Å². The Morgan fingerprint density at radius 3 is 2.79 bits per heavy atom. The van der Waals surface area contributed by atoms with E-state index in [-0.39, 0.29) is 10.6 Å². The number of H-pyrrole nitrogens is 1. The number of carbonyl (C=O) groups is 1. The number of nitrogens with one attached hydrogen (secondary N) is 1. The molecule has 0 saturated heterocycles. The molecule has 0 unspecified atom stereocenters. The Bertz CT molecular complexity index is 1320. The molecule has 6 nitrogen and oxygen atoms in total. The lowest BCUT2D eigenvalue weighted by molar-refractivity contribution is -0.255. The predicted molar refractivity (Wildman–Crippen MR) is 108 cm³/mol. The van der Waals surface area contributed by atoms with Gasteiger partial charge in [0.1, 0.15) is 23.4 Å². The minimum atomic E-state index is -1.34. The number of furan rings is 1. The zero-order chi connectivity index (χ0) is 20.5. The second-order valence-electron chi connectivity index (χ2n) is 6.46. The first-order valence-electron chi connectivity index (χ1n) is 8.64. The number of carbonyl (C=O) groups excluding carboxylic acids is 1. The number of rotatable bonds is 4. The van der Waals surface area contributed by atoms with Crippen molar-refractivity contribution in [3.05, 3.63) is 76.3 Å². The van der Waals surface area contributed by atoms with Crippen LogP contribution in [0.4, 0.5) is 0 Å². The van der Waals surface area contributed by atoms with Crippen LogP contribution in [-0.4, -0.2) is 15.9 Å². The van der Waals surface area contributed by atoms with Crippen molar-refractivity contribution in [3.63, 3.8) is 0 Å². The average molecular weight is 403 g/mol. The highest BCUT2D eigenvalue weighted by Gasteiger charge is 2.11. The summed E-state index contributed by atoms with van der Waals surface area (Å²) in [5, 5.41) is 20.6. The number of hydrogen-bond acceptors (Lipinski definition) is 5. The SMILES string of the molecule is Cc1ccc2nc(/C(C#N)=C\c3ccc(-c4ccc(C(=O)[O-])c(Cl)c4)o3)[nH]c2c1. The van der Waals surface area contributed by atoms with Crippen LogP contribution in [0.15, 0.2) is 52.9 Å². The molecule has 0 aliphatic heterocycles. The van der Waals surface area contributed by atoms with E-state index in [0.29, 0.717) is 28.5 Å². The monoisotopic (exact) mass is 402 g/mol. The quantitative estimate of drug-likeness (QED) is 0.514. The third-order valence-corrected chi connectivity index (χ3v) is 4.71. The lowest BCUT2D eigenvalue weighted by Gasteiger charge is -2.06. The molecule has 0 saturated carbocycles. The van der Waals surface area contributed by atoms with Crippen LogP contribution in [0.25, 0.3) is 34.0 Å². The summed E-state index contributed by atoms with van der Waals surface area (Å²) in [6.07, 6.45) is 1.59. The Hall–Kier alpha value is -3.82. The molecule has 0 aliphatic rings. The highest BCUT2D eigenvalue weighted by Crippen LogP contribution is 2.28. The highest BCUT2D eigenvalue weighted by molar-refractivity contribution is 6.33. The second kappa shape index (κ2) is 7.30. The fourth-order valence-corrected chi connectivity index (χ4v) is 3.22. The first kappa shape index (κ1) is 18.5. The third kappa shape index (κ3) is 3.64. The van der Waals surface area contributed by atoms with E-state index in [2.05, 4.69) is 16.0 Å². The molecule has 142 valence electrons. The molecule has 7 heteroatoms. The summed E-state index contributed by atoms with van der Waals surface area (Å²) in [5.74, 6) is 0.0468. The van der Waals surface area contributed by atoms with Gasteiger partial charge in [-0.25, -0.2) is 4.98 Å². The first-order chi connectivity index (χ1) is 13.9. The van der Waals surface area contributed by atoms with E-state index in [0.717, 1.165) is 16.6 Å². The number of nitrogens with zero attached hydrogens (tertiary/aromatic N) is 2. The Kier molecular flexibility index (Phi) is 4.67. The van der Waals surface area contributed by atoms with Crippen LogP contribution in [0.1, 0.15) is 27.5 Å². The molecular weight excluding hydrogens is 390 g/mol. The summed E-state index contributed by atoms with van der Waals surface area (Å²) in [4.78, 5) is 18.6. The molecule has 4 aromatic rings. The van der Waals surface area contributed by atoms with E-state index in [4.69, 9.17) is 16.0 Å². The molecule has 0 atom stereocenters. The van der Waals surface area contributed by atoms with Crippen molar-refractivity contribution in [2.24, 2.45) is 0 Å². The number of aromatic carboxylic acids is 1. The molecule has 2 aromatic heterocycles. The number of aryl methyl sites for hydroxylation is 1. The van der Waals surface area contributed by atoms with Crippen molar-refractivity contribution in [1.29, 1.82) is 5.26 Å². The van der Waals surface area contributed by atoms with Gasteiger partial charge < -0.3 is 19.3 Å². The Morgan fingerprint density at radius 2 is 2.07 bits per heavy atom. The molecule has 2 aromatic carbocycles. The van der Waals surface area contributed by atoms with Gasteiger partial charge in [-0.05, 0) is 42.8 Å². The molecule has 0 spiro atoms. The maximum Gasteiger partial charge on any atom is 0.149 e.